The van der Waals surface area contributed by atoms with Gasteiger partial charge in [-0.15, -0.1) is 0 Å². The van der Waals surface area contributed by atoms with Gasteiger partial charge in [-0.05, 0) is 36.4 Å². The maximum Gasteiger partial charge on any atom is 0.335 e. The molecule has 0 bridgehead atoms. The molecular formula is C14H12N2O3. The zero-order valence-corrected chi connectivity index (χ0v) is 9.95. The lowest BCUT2D eigenvalue weighted by Gasteiger charge is -2.01. The third-order valence-corrected chi connectivity index (χ3v) is 2.47. The van der Waals surface area contributed by atoms with Crippen LogP contribution >= 0.6 is 0 Å². The fraction of sp³-hybridized carbons (Fsp3) is 0. The molecule has 0 amide bonds. The fourth-order valence-electron chi connectivity index (χ4n) is 1.46. The maximum absolute atomic E-state index is 10.7. The Morgan fingerprint density at radius 1 is 1.11 bits per heavy atom. The van der Waals surface area contributed by atoms with E-state index in [2.05, 4.69) is 10.5 Å². The minimum atomic E-state index is -0.968. The van der Waals surface area contributed by atoms with Gasteiger partial charge in [-0.3, -0.25) is 5.43 Å². The predicted molar refractivity (Wildman–Crippen MR) is 72.7 cm³/mol. The number of nitrogens with zero attached hydrogens (tertiary/aromatic N) is 1. The Hall–Kier alpha value is -2.82. The second kappa shape index (κ2) is 5.68. The summed E-state index contributed by atoms with van der Waals surface area (Å²) in [6.07, 6.45) is 1.49. The first-order valence-corrected chi connectivity index (χ1v) is 5.57. The Balaban J connectivity index is 2.03. The van der Waals surface area contributed by atoms with Crippen LogP contribution in [0.3, 0.4) is 0 Å². The zero-order valence-electron chi connectivity index (χ0n) is 9.95. The van der Waals surface area contributed by atoms with E-state index in [1.165, 1.54) is 18.3 Å². The van der Waals surface area contributed by atoms with Crippen LogP contribution in [0.4, 0.5) is 5.69 Å². The Kier molecular flexibility index (Phi) is 3.78. The summed E-state index contributed by atoms with van der Waals surface area (Å²) in [6.45, 7) is 0. The first kappa shape index (κ1) is 12.6. The number of hydrazone groups is 1. The number of phenolic OH excluding ortho intramolecular Hbond substituents is 1. The Morgan fingerprint density at radius 2 is 1.79 bits per heavy atom. The van der Waals surface area contributed by atoms with E-state index in [0.717, 1.165) is 0 Å². The molecule has 0 atom stereocenters. The third-order valence-electron chi connectivity index (χ3n) is 2.47. The topological polar surface area (TPSA) is 81.9 Å². The van der Waals surface area contributed by atoms with Gasteiger partial charge in [0.05, 0.1) is 17.5 Å². The summed E-state index contributed by atoms with van der Waals surface area (Å²) in [5.74, 6) is -0.821. The van der Waals surface area contributed by atoms with Crippen molar-refractivity contribution in [1.29, 1.82) is 0 Å². The second-order valence-electron chi connectivity index (χ2n) is 3.81. The summed E-state index contributed by atoms with van der Waals surface area (Å²) in [6, 6.07) is 13.0. The van der Waals surface area contributed by atoms with Gasteiger partial charge in [0.2, 0.25) is 0 Å². The number of phenols is 1. The quantitative estimate of drug-likeness (QED) is 0.580. The summed E-state index contributed by atoms with van der Waals surface area (Å²) in [7, 11) is 0. The largest absolute Gasteiger partial charge is 0.507 e. The standard InChI is InChI=1S/C14H12N2O3/c17-13-4-2-1-3-11(13)9-15-16-12-7-5-10(6-8-12)14(18)19/h1-9,16-17H,(H,18,19). The molecule has 0 saturated carbocycles. The molecule has 0 aromatic heterocycles. The van der Waals surface area contributed by atoms with Crippen LogP contribution in [0.5, 0.6) is 5.75 Å². The number of para-hydroxylation sites is 1. The molecule has 96 valence electrons. The Morgan fingerprint density at radius 3 is 2.42 bits per heavy atom. The van der Waals surface area contributed by atoms with E-state index in [1.54, 1.807) is 36.4 Å². The molecule has 0 spiro atoms. The lowest BCUT2D eigenvalue weighted by Crippen LogP contribution is -1.96. The fourth-order valence-corrected chi connectivity index (χ4v) is 1.46. The molecule has 0 radical (unpaired) electrons. The number of benzene rings is 2. The van der Waals surface area contributed by atoms with Crippen molar-refractivity contribution >= 4 is 17.9 Å². The minimum absolute atomic E-state index is 0.147. The smallest absolute Gasteiger partial charge is 0.335 e. The van der Waals surface area contributed by atoms with Crippen molar-refractivity contribution in [2.24, 2.45) is 5.10 Å². The number of hydrogen-bond donors (Lipinski definition) is 3. The summed E-state index contributed by atoms with van der Waals surface area (Å²) in [5.41, 5.74) is 4.23. The molecule has 0 aliphatic carbocycles. The lowest BCUT2D eigenvalue weighted by molar-refractivity contribution is 0.0697. The molecule has 0 fully saturated rings. The average Bonchev–Trinajstić information content (AvgIpc) is 2.41. The van der Waals surface area contributed by atoms with E-state index in [4.69, 9.17) is 5.11 Å². The summed E-state index contributed by atoms with van der Waals surface area (Å²) >= 11 is 0. The number of anilines is 1. The number of nitrogens with one attached hydrogen (secondary N) is 1. The van der Waals surface area contributed by atoms with Gasteiger partial charge in [-0.25, -0.2) is 4.79 Å². The van der Waals surface area contributed by atoms with Crippen molar-refractivity contribution in [3.63, 3.8) is 0 Å². The van der Waals surface area contributed by atoms with Crippen molar-refractivity contribution < 1.29 is 15.0 Å². The van der Waals surface area contributed by atoms with Crippen molar-refractivity contribution in [3.8, 4) is 5.75 Å². The van der Waals surface area contributed by atoms with E-state index in [1.807, 2.05) is 0 Å². The highest BCUT2D eigenvalue weighted by molar-refractivity contribution is 5.88. The van der Waals surface area contributed by atoms with Gasteiger partial charge in [0.1, 0.15) is 5.75 Å². The van der Waals surface area contributed by atoms with Crippen LogP contribution in [0.1, 0.15) is 15.9 Å². The van der Waals surface area contributed by atoms with Gasteiger partial charge >= 0.3 is 5.97 Å². The van der Waals surface area contributed by atoms with E-state index in [-0.39, 0.29) is 11.3 Å². The first-order valence-electron chi connectivity index (χ1n) is 5.57. The molecule has 0 unspecified atom stereocenters. The molecule has 2 rings (SSSR count). The monoisotopic (exact) mass is 256 g/mol. The molecule has 0 aliphatic rings. The van der Waals surface area contributed by atoms with Crippen molar-refractivity contribution in [2.75, 3.05) is 5.43 Å². The molecule has 0 heterocycles. The van der Waals surface area contributed by atoms with Gasteiger partial charge in [0.25, 0.3) is 0 Å². The number of hydrogen-bond acceptors (Lipinski definition) is 4. The SMILES string of the molecule is O=C(O)c1ccc(NN=Cc2ccccc2O)cc1. The molecule has 0 aliphatic heterocycles. The van der Waals surface area contributed by atoms with Crippen molar-refractivity contribution in [2.45, 2.75) is 0 Å². The minimum Gasteiger partial charge on any atom is -0.507 e. The number of rotatable bonds is 4. The molecule has 2 aromatic rings. The Labute approximate surface area is 109 Å². The van der Waals surface area contributed by atoms with Crippen LogP contribution in [0.25, 0.3) is 0 Å². The number of aromatic hydroxyl groups is 1. The lowest BCUT2D eigenvalue weighted by atomic mass is 10.2. The molecule has 5 nitrogen and oxygen atoms in total. The molecule has 5 heteroatoms. The molecule has 3 N–H and O–H groups in total. The van der Waals surface area contributed by atoms with Gasteiger partial charge in [-0.2, -0.15) is 5.10 Å². The zero-order chi connectivity index (χ0) is 13.7. The number of carboxylic acids is 1. The van der Waals surface area contributed by atoms with E-state index in [0.29, 0.717) is 11.3 Å². The number of carbonyl (C=O) groups is 1. The highest BCUT2D eigenvalue weighted by Gasteiger charge is 2.00. The summed E-state index contributed by atoms with van der Waals surface area (Å²) in [5, 5.41) is 22.2. The molecule has 2 aromatic carbocycles. The normalized spacial score (nSPS) is 10.5. The molecular weight excluding hydrogens is 244 g/mol. The van der Waals surface area contributed by atoms with E-state index in [9.17, 15) is 9.90 Å². The van der Waals surface area contributed by atoms with Crippen molar-refractivity contribution in [1.82, 2.24) is 0 Å². The van der Waals surface area contributed by atoms with Crippen LogP contribution in [0.2, 0.25) is 0 Å². The average molecular weight is 256 g/mol. The van der Waals surface area contributed by atoms with Crippen LogP contribution in [-0.2, 0) is 0 Å². The maximum atomic E-state index is 10.7. The highest BCUT2D eigenvalue weighted by atomic mass is 16.4. The Bertz CT molecular complexity index is 606. The van der Waals surface area contributed by atoms with Crippen LogP contribution in [0, 0.1) is 0 Å². The molecule has 0 saturated heterocycles. The van der Waals surface area contributed by atoms with Crippen molar-refractivity contribution in [3.05, 3.63) is 59.7 Å². The molecule has 19 heavy (non-hydrogen) atoms. The predicted octanol–water partition coefficient (Wildman–Crippen LogP) is 2.54. The van der Waals surface area contributed by atoms with Crippen LogP contribution in [-0.4, -0.2) is 22.4 Å². The number of aromatic carboxylic acids is 1. The van der Waals surface area contributed by atoms with Gasteiger partial charge in [0.15, 0.2) is 0 Å². The summed E-state index contributed by atoms with van der Waals surface area (Å²) in [4.78, 5) is 10.7. The third kappa shape index (κ3) is 3.32. The number of carboxylic acid groups (broad SMARTS) is 1. The van der Waals surface area contributed by atoms with Gasteiger partial charge < -0.3 is 10.2 Å². The second-order valence-corrected chi connectivity index (χ2v) is 3.81. The van der Waals surface area contributed by atoms with E-state index < -0.39 is 5.97 Å². The van der Waals surface area contributed by atoms with Crippen LogP contribution < -0.4 is 5.43 Å². The van der Waals surface area contributed by atoms with E-state index >= 15 is 0 Å². The summed E-state index contributed by atoms with van der Waals surface area (Å²) < 4.78 is 0. The van der Waals surface area contributed by atoms with Crippen LogP contribution in [0.15, 0.2) is 53.6 Å². The highest BCUT2D eigenvalue weighted by Crippen LogP contribution is 2.13. The first-order chi connectivity index (χ1) is 9.16. The van der Waals surface area contributed by atoms with Gasteiger partial charge in [0, 0.05) is 5.56 Å². The van der Waals surface area contributed by atoms with Gasteiger partial charge in [-0.1, -0.05) is 12.1 Å².